The molecule has 140 valence electrons. The van der Waals surface area contributed by atoms with Gasteiger partial charge in [-0.1, -0.05) is 76.8 Å². The number of aromatic amines is 1. The first kappa shape index (κ1) is 23.6. The van der Waals surface area contributed by atoms with Crippen LogP contribution in [0, 0.1) is 0 Å². The molecule has 2 aromatic rings. The number of rotatable bonds is 12. The van der Waals surface area contributed by atoms with E-state index in [1.165, 1.54) is 57.8 Å². The largest absolute Gasteiger partial charge is 1.00 e. The van der Waals surface area contributed by atoms with Crippen LogP contribution in [0.2, 0.25) is 0 Å². The molecular formula is C19H29N2NaO3S. The van der Waals surface area contributed by atoms with Gasteiger partial charge in [0, 0.05) is 0 Å². The predicted octanol–water partition coefficient (Wildman–Crippen LogP) is 1.93. The number of aromatic nitrogens is 2. The topological polar surface area (TPSA) is 85.9 Å². The Kier molecular flexibility index (Phi) is 11.0. The summed E-state index contributed by atoms with van der Waals surface area (Å²) in [5, 5.41) is -0.488. The first-order chi connectivity index (χ1) is 12.0. The van der Waals surface area contributed by atoms with Gasteiger partial charge in [0.05, 0.1) is 11.0 Å². The smallest absolute Gasteiger partial charge is 0.742 e. The molecule has 0 saturated carbocycles. The number of aryl methyl sites for hydroxylation is 1. The fraction of sp³-hybridized carbons (Fsp3) is 0.632. The van der Waals surface area contributed by atoms with Crippen molar-refractivity contribution in [3.63, 3.8) is 0 Å². The van der Waals surface area contributed by atoms with Crippen LogP contribution in [-0.4, -0.2) is 22.9 Å². The van der Waals surface area contributed by atoms with E-state index in [4.69, 9.17) is 0 Å². The third-order valence-corrected chi connectivity index (χ3v) is 5.28. The van der Waals surface area contributed by atoms with E-state index < -0.39 is 15.3 Å². The molecule has 1 heterocycles. The zero-order valence-corrected chi connectivity index (χ0v) is 18.9. The van der Waals surface area contributed by atoms with Crippen molar-refractivity contribution in [1.82, 2.24) is 9.97 Å². The van der Waals surface area contributed by atoms with Crippen LogP contribution in [-0.2, 0) is 16.5 Å². The summed E-state index contributed by atoms with van der Waals surface area (Å²) in [5.74, 6) is 0. The number of hydrogen-bond donors (Lipinski definition) is 1. The number of para-hydroxylation sites is 1. The van der Waals surface area contributed by atoms with Gasteiger partial charge in [-0.05, 0) is 24.5 Å². The summed E-state index contributed by atoms with van der Waals surface area (Å²) in [5.41, 5.74) is 2.22. The van der Waals surface area contributed by atoms with Gasteiger partial charge in [0.25, 0.3) is 0 Å². The molecule has 0 amide bonds. The second-order valence-electron chi connectivity index (χ2n) is 6.74. The van der Waals surface area contributed by atoms with Crippen LogP contribution < -0.4 is 29.6 Å². The maximum atomic E-state index is 11.1. The third kappa shape index (κ3) is 7.69. The Morgan fingerprint density at radius 3 is 2.12 bits per heavy atom. The summed E-state index contributed by atoms with van der Waals surface area (Å²) < 4.78 is 33.3. The maximum Gasteiger partial charge on any atom is 1.00 e. The van der Waals surface area contributed by atoms with Crippen LogP contribution in [0.25, 0.3) is 11.0 Å². The maximum absolute atomic E-state index is 11.1. The molecule has 5 nitrogen and oxygen atoms in total. The molecule has 0 fully saturated rings. The number of benzene rings is 1. The van der Waals surface area contributed by atoms with Crippen molar-refractivity contribution in [2.24, 2.45) is 0 Å². The number of nitrogens with zero attached hydrogens (tertiary/aromatic N) is 1. The van der Waals surface area contributed by atoms with E-state index in [9.17, 15) is 13.0 Å². The molecule has 0 spiro atoms. The summed E-state index contributed by atoms with van der Waals surface area (Å²) in [6.45, 7) is 2.24. The normalized spacial score (nSPS) is 11.6. The number of nitrogens with one attached hydrogen (secondary N) is 1. The average molecular weight is 389 g/mol. The molecular weight excluding hydrogens is 359 g/mol. The second-order valence-corrected chi connectivity index (χ2v) is 8.04. The van der Waals surface area contributed by atoms with Crippen LogP contribution in [0.1, 0.15) is 76.7 Å². The van der Waals surface area contributed by atoms with Crippen LogP contribution >= 0.6 is 0 Å². The molecule has 26 heavy (non-hydrogen) atoms. The number of hydrogen-bond acceptors (Lipinski definition) is 4. The van der Waals surface area contributed by atoms with Gasteiger partial charge in [0.1, 0.15) is 0 Å². The minimum atomic E-state index is -4.54. The van der Waals surface area contributed by atoms with Crippen molar-refractivity contribution in [3.8, 4) is 0 Å². The Morgan fingerprint density at radius 2 is 1.54 bits per heavy atom. The van der Waals surface area contributed by atoms with E-state index in [0.717, 1.165) is 18.4 Å². The minimum absolute atomic E-state index is 0. The molecule has 0 radical (unpaired) electrons. The van der Waals surface area contributed by atoms with Crippen LogP contribution in [0.4, 0.5) is 0 Å². The first-order valence-corrected chi connectivity index (χ1v) is 10.9. The fourth-order valence-electron chi connectivity index (χ4n) is 3.19. The Hall–Kier alpha value is -0.400. The zero-order chi connectivity index (χ0) is 18.1. The minimum Gasteiger partial charge on any atom is -0.742 e. The molecule has 0 saturated heterocycles. The van der Waals surface area contributed by atoms with Gasteiger partial charge in [-0.3, -0.25) is 0 Å². The Bertz CT molecular complexity index is 759. The summed E-state index contributed by atoms with van der Waals surface area (Å²) in [7, 11) is -4.54. The monoisotopic (exact) mass is 388 g/mol. The zero-order valence-electron chi connectivity index (χ0n) is 16.1. The second kappa shape index (κ2) is 12.1. The number of H-pyrrole nitrogens is 1. The predicted molar refractivity (Wildman–Crippen MR) is 99.6 cm³/mol. The molecule has 0 atom stereocenters. The number of fused-ring (bicyclic) bond motifs is 1. The van der Waals surface area contributed by atoms with Crippen LogP contribution in [0.5, 0.6) is 0 Å². The quantitative estimate of drug-likeness (QED) is 0.342. The van der Waals surface area contributed by atoms with E-state index in [2.05, 4.69) is 16.9 Å². The summed E-state index contributed by atoms with van der Waals surface area (Å²) >= 11 is 0. The van der Waals surface area contributed by atoms with Crippen molar-refractivity contribution >= 4 is 21.2 Å². The average Bonchev–Trinajstić information content (AvgIpc) is 3.02. The van der Waals surface area contributed by atoms with Crippen molar-refractivity contribution in [2.45, 2.75) is 82.7 Å². The van der Waals surface area contributed by atoms with Gasteiger partial charge in [-0.15, -0.1) is 0 Å². The van der Waals surface area contributed by atoms with Gasteiger partial charge in [0.2, 0.25) is 5.16 Å². The molecule has 1 aromatic heterocycles. The molecule has 1 N–H and O–H groups in total. The molecule has 1 aromatic carbocycles. The Labute approximate surface area is 179 Å². The van der Waals surface area contributed by atoms with Gasteiger partial charge >= 0.3 is 29.6 Å². The van der Waals surface area contributed by atoms with Gasteiger partial charge in [-0.25, -0.2) is 13.4 Å². The molecule has 0 bridgehead atoms. The van der Waals surface area contributed by atoms with E-state index in [1.54, 1.807) is 6.07 Å². The van der Waals surface area contributed by atoms with Crippen molar-refractivity contribution < 1.29 is 42.5 Å². The van der Waals surface area contributed by atoms with Crippen molar-refractivity contribution in [2.75, 3.05) is 0 Å². The molecule has 0 aliphatic rings. The summed E-state index contributed by atoms with van der Waals surface area (Å²) in [4.78, 5) is 6.60. The molecule has 0 aliphatic carbocycles. The Balaban J connectivity index is 0.00000338. The standard InChI is InChI=1S/C19H30N2O3S.Na/c1-2-3-4-5-6-7-8-9-10-11-13-16-14-12-15-17-18(16)21-19(20-17)25(22,23)24;/h12,14-15H,2-11,13H2,1H3,(H,20,21)(H,22,23,24);/q;+1/p-1. The van der Waals surface area contributed by atoms with Crippen LogP contribution in [0.15, 0.2) is 23.4 Å². The van der Waals surface area contributed by atoms with Gasteiger partial charge in [-0.2, -0.15) is 0 Å². The summed E-state index contributed by atoms with van der Waals surface area (Å²) in [6.07, 6.45) is 13.7. The van der Waals surface area contributed by atoms with Crippen molar-refractivity contribution in [3.05, 3.63) is 23.8 Å². The van der Waals surface area contributed by atoms with E-state index >= 15 is 0 Å². The molecule has 7 heteroatoms. The van der Waals surface area contributed by atoms with Crippen molar-refractivity contribution in [1.29, 1.82) is 0 Å². The van der Waals surface area contributed by atoms with E-state index in [1.807, 2.05) is 12.1 Å². The third-order valence-electron chi connectivity index (χ3n) is 4.61. The summed E-state index contributed by atoms with van der Waals surface area (Å²) in [6, 6.07) is 5.57. The number of unbranched alkanes of at least 4 members (excludes halogenated alkanes) is 9. The van der Waals surface area contributed by atoms with Gasteiger partial charge in [0.15, 0.2) is 10.1 Å². The molecule has 0 aliphatic heterocycles. The number of imidazole rings is 1. The van der Waals surface area contributed by atoms with Gasteiger partial charge < -0.3 is 9.54 Å². The molecule has 0 unspecified atom stereocenters. The molecule has 2 rings (SSSR count). The van der Waals surface area contributed by atoms with E-state index in [0.29, 0.717) is 11.0 Å². The first-order valence-electron chi connectivity index (χ1n) is 9.46. The Morgan fingerprint density at radius 1 is 0.962 bits per heavy atom. The van der Waals surface area contributed by atoms with E-state index in [-0.39, 0.29) is 29.6 Å². The SMILES string of the molecule is CCCCCCCCCCCCc1cccc2[nH]c(S(=O)(=O)[O-])nc12.[Na+]. The fourth-order valence-corrected chi connectivity index (χ4v) is 3.63. The van der Waals surface area contributed by atoms with Crippen LogP contribution in [0.3, 0.4) is 0 Å².